The normalized spacial score (nSPS) is 8.80. The molecule has 4 heteroatoms. The van der Waals surface area contributed by atoms with Gasteiger partial charge in [0.15, 0.2) is 0 Å². The Morgan fingerprint density at radius 2 is 1.60 bits per heavy atom. The molecule has 0 atom stereocenters. The van der Waals surface area contributed by atoms with E-state index in [-0.39, 0.29) is 0 Å². The number of rotatable bonds is 0. The van der Waals surface area contributed by atoms with E-state index in [2.05, 4.69) is 0 Å². The summed E-state index contributed by atoms with van der Waals surface area (Å²) in [5.41, 5.74) is 0.306. The van der Waals surface area contributed by atoms with Crippen LogP contribution in [0.2, 0.25) is 0 Å². The van der Waals surface area contributed by atoms with Gasteiger partial charge < -0.3 is 14.2 Å². The summed E-state index contributed by atoms with van der Waals surface area (Å²) in [5, 5.41) is 7.53. The second-order valence-electron chi connectivity index (χ2n) is 0.398. The lowest BCUT2D eigenvalue weighted by molar-refractivity contribution is 0.523. The van der Waals surface area contributed by atoms with Gasteiger partial charge in [0, 0.05) is 0 Å². The first kappa shape index (κ1) is 5.10. The van der Waals surface area contributed by atoms with Crippen molar-refractivity contribution in [3.05, 3.63) is 0 Å². The average molecular weight is 96.1 g/mol. The summed E-state index contributed by atoms with van der Waals surface area (Å²) >= 11 is -1.89. The van der Waals surface area contributed by atoms with Crippen LogP contribution in [0, 0.1) is 0 Å². The monoisotopic (exact) mass is 96.0 g/mol. The van der Waals surface area contributed by atoms with Gasteiger partial charge >= 0.3 is 0 Å². The number of aliphatic hydroxyl groups is 1. The molecule has 3 N–H and O–H groups in total. The Bertz CT molecular complexity index is 44.9. The van der Waals surface area contributed by atoms with Crippen molar-refractivity contribution < 1.29 is 14.2 Å². The van der Waals surface area contributed by atoms with E-state index in [9.17, 15) is 0 Å². The van der Waals surface area contributed by atoms with Gasteiger partial charge in [0.1, 0.15) is 5.55 Å². The topological polar surface area (TPSA) is 60.7 Å². The molecule has 0 aromatic rings. The molecule has 0 rings (SSSR count). The van der Waals surface area contributed by atoms with Gasteiger partial charge in [-0.2, -0.15) is 0 Å². The molecule has 0 heterocycles. The van der Waals surface area contributed by atoms with E-state index in [1.165, 1.54) is 0 Å². The lowest BCUT2D eigenvalue weighted by Crippen LogP contribution is -1.64. The third kappa shape index (κ3) is 4.10. The van der Waals surface area contributed by atoms with Crippen molar-refractivity contribution in [2.45, 2.75) is 0 Å². The van der Waals surface area contributed by atoms with Crippen molar-refractivity contribution in [2.24, 2.45) is 0 Å². The Labute approximate surface area is 31.8 Å². The standard InChI is InChI=1S/CH4O3S/c2-1-5(3)4/h1-4H. The van der Waals surface area contributed by atoms with Crippen molar-refractivity contribution in [3.8, 4) is 0 Å². The molecule has 0 fully saturated rings. The minimum absolute atomic E-state index is 0.306. The summed E-state index contributed by atoms with van der Waals surface area (Å²) in [6.45, 7) is 0. The van der Waals surface area contributed by atoms with Gasteiger partial charge in [0.05, 0.1) is 11.0 Å². The van der Waals surface area contributed by atoms with Gasteiger partial charge in [-0.05, 0) is 0 Å². The molecule has 0 aromatic carbocycles. The summed E-state index contributed by atoms with van der Waals surface area (Å²) in [6, 6.07) is 0. The van der Waals surface area contributed by atoms with Crippen molar-refractivity contribution in [3.63, 3.8) is 0 Å². The number of hydrogen-bond acceptors (Lipinski definition) is 2. The zero-order chi connectivity index (χ0) is 4.28. The van der Waals surface area contributed by atoms with Crippen molar-refractivity contribution in [1.29, 1.82) is 0 Å². The van der Waals surface area contributed by atoms with E-state index in [4.69, 9.17) is 14.2 Å². The summed E-state index contributed by atoms with van der Waals surface area (Å²) < 4.78 is 15.3. The van der Waals surface area contributed by atoms with E-state index in [0.717, 1.165) is 0 Å². The fraction of sp³-hybridized carbons (Fsp3) is 0. The van der Waals surface area contributed by atoms with Crippen LogP contribution >= 0.6 is 11.0 Å². The lowest BCUT2D eigenvalue weighted by atomic mass is 11.8. The fourth-order valence-electron chi connectivity index (χ4n) is 0. The lowest BCUT2D eigenvalue weighted by Gasteiger charge is -1.74. The molecule has 5 heavy (non-hydrogen) atoms. The van der Waals surface area contributed by atoms with Crippen molar-refractivity contribution >= 4 is 16.6 Å². The molecule has 0 aromatic heterocycles. The molecular formula is CH4O3S. The molecule has 0 aliphatic heterocycles. The predicted octanol–water partition coefficient (Wildman–Crippen LogP) is 0.519. The van der Waals surface area contributed by atoms with Crippen LogP contribution in [0.25, 0.3) is 0 Å². The highest BCUT2D eigenvalue weighted by molar-refractivity contribution is 8.04. The minimum atomic E-state index is -1.89. The molecule has 0 unspecified atom stereocenters. The van der Waals surface area contributed by atoms with Gasteiger partial charge in [-0.25, -0.2) is 0 Å². The maximum Gasteiger partial charge on any atom is 0.110 e. The van der Waals surface area contributed by atoms with Crippen LogP contribution in [-0.4, -0.2) is 19.8 Å². The van der Waals surface area contributed by atoms with Crippen LogP contribution in [0.4, 0.5) is 0 Å². The average Bonchev–Trinajstić information content (AvgIpc) is 1.38. The van der Waals surface area contributed by atoms with Crippen LogP contribution in [0.3, 0.4) is 0 Å². The maximum absolute atomic E-state index is 7.64. The molecule has 3 nitrogen and oxygen atoms in total. The van der Waals surface area contributed by atoms with Crippen LogP contribution in [-0.2, 0) is 0 Å². The summed E-state index contributed by atoms with van der Waals surface area (Å²) in [6.07, 6.45) is 0. The van der Waals surface area contributed by atoms with E-state index in [1.807, 2.05) is 0 Å². The van der Waals surface area contributed by atoms with Crippen molar-refractivity contribution in [1.82, 2.24) is 0 Å². The first-order chi connectivity index (χ1) is 2.27. The quantitative estimate of drug-likeness (QED) is 0.385. The molecule has 0 saturated carbocycles. The highest BCUT2D eigenvalue weighted by Gasteiger charge is 1.62. The SMILES string of the molecule is OC=S(O)O. The van der Waals surface area contributed by atoms with Crippen molar-refractivity contribution in [2.75, 3.05) is 0 Å². The molecule has 0 aliphatic carbocycles. The molecule has 0 bridgehead atoms. The molecule has 0 saturated heterocycles. The predicted molar refractivity (Wildman–Crippen MR) is 21.5 cm³/mol. The summed E-state index contributed by atoms with van der Waals surface area (Å²) in [5.74, 6) is 0. The first-order valence-electron chi connectivity index (χ1n) is 0.859. The largest absolute Gasteiger partial charge is 0.358 e. The second-order valence-corrected chi connectivity index (χ2v) is 1.19. The Morgan fingerprint density at radius 3 is 1.60 bits per heavy atom. The van der Waals surface area contributed by atoms with Gasteiger partial charge in [-0.3, -0.25) is 0 Å². The highest BCUT2D eigenvalue weighted by atomic mass is 32.2. The molecular weight excluding hydrogens is 92.1 g/mol. The van der Waals surface area contributed by atoms with E-state index in [0.29, 0.717) is 5.55 Å². The van der Waals surface area contributed by atoms with E-state index < -0.39 is 11.0 Å². The molecule has 0 amide bonds. The molecule has 0 spiro atoms. The summed E-state index contributed by atoms with van der Waals surface area (Å²) in [4.78, 5) is 0. The molecule has 0 aliphatic rings. The third-order valence-corrected chi connectivity index (χ3v) is 0.283. The van der Waals surface area contributed by atoms with Gasteiger partial charge in [0.2, 0.25) is 0 Å². The van der Waals surface area contributed by atoms with Gasteiger partial charge in [-0.1, -0.05) is 0 Å². The Kier molecular flexibility index (Phi) is 2.39. The van der Waals surface area contributed by atoms with E-state index >= 15 is 0 Å². The Balaban J connectivity index is 3.14. The molecule has 32 valence electrons. The first-order valence-corrected chi connectivity index (χ1v) is 2.06. The van der Waals surface area contributed by atoms with Crippen LogP contribution in [0.1, 0.15) is 0 Å². The Hall–Kier alpha value is 0.1000. The van der Waals surface area contributed by atoms with Gasteiger partial charge in [0.25, 0.3) is 0 Å². The smallest absolute Gasteiger partial charge is 0.110 e. The van der Waals surface area contributed by atoms with Crippen LogP contribution in [0.15, 0.2) is 0 Å². The maximum atomic E-state index is 7.64. The summed E-state index contributed by atoms with van der Waals surface area (Å²) in [7, 11) is 0. The number of aliphatic hydroxyl groups excluding tert-OH is 1. The third-order valence-electron chi connectivity index (χ3n) is 0.0943. The Morgan fingerprint density at radius 1 is 1.40 bits per heavy atom. The van der Waals surface area contributed by atoms with E-state index in [1.54, 1.807) is 0 Å². The van der Waals surface area contributed by atoms with Gasteiger partial charge in [-0.15, -0.1) is 0 Å². The van der Waals surface area contributed by atoms with Crippen LogP contribution < -0.4 is 0 Å². The highest BCUT2D eigenvalue weighted by Crippen LogP contribution is 1.87. The number of hydrogen-bond donors (Lipinski definition) is 3. The fourth-order valence-corrected chi connectivity index (χ4v) is 0. The zero-order valence-corrected chi connectivity index (χ0v) is 3.14. The zero-order valence-electron chi connectivity index (χ0n) is 2.33. The second kappa shape index (κ2) is 2.34. The molecule has 0 radical (unpaired) electrons. The minimum Gasteiger partial charge on any atom is -0.358 e. The van der Waals surface area contributed by atoms with Crippen LogP contribution in [0.5, 0.6) is 0 Å².